The van der Waals surface area contributed by atoms with Crippen LogP contribution in [0.25, 0.3) is 5.69 Å². The second kappa shape index (κ2) is 4.95. The molecule has 3 nitrogen and oxygen atoms in total. The van der Waals surface area contributed by atoms with Crippen molar-refractivity contribution in [3.8, 4) is 11.4 Å². The predicted molar refractivity (Wildman–Crippen MR) is 64.5 cm³/mol. The molecule has 0 saturated heterocycles. The zero-order chi connectivity index (χ0) is 14.0. The van der Waals surface area contributed by atoms with Crippen LogP contribution in [0.2, 0.25) is 0 Å². The van der Waals surface area contributed by atoms with E-state index in [4.69, 9.17) is 4.74 Å². The van der Waals surface area contributed by atoms with Crippen molar-refractivity contribution >= 4 is 0 Å². The summed E-state index contributed by atoms with van der Waals surface area (Å²) in [6.45, 7) is 1.67. The van der Waals surface area contributed by atoms with Gasteiger partial charge in [-0.1, -0.05) is 6.92 Å². The van der Waals surface area contributed by atoms with Gasteiger partial charge in [0.15, 0.2) is 5.69 Å². The SMILES string of the molecule is CCc1cn(-c2ccc(OC)cc2)nc1C(F)(F)F. The van der Waals surface area contributed by atoms with Crippen molar-refractivity contribution in [1.82, 2.24) is 9.78 Å². The molecule has 0 N–H and O–H groups in total. The van der Waals surface area contributed by atoms with Gasteiger partial charge in [-0.15, -0.1) is 0 Å². The normalized spacial score (nSPS) is 11.6. The first-order chi connectivity index (χ1) is 8.95. The fourth-order valence-corrected chi connectivity index (χ4v) is 1.77. The first kappa shape index (κ1) is 13.5. The monoisotopic (exact) mass is 270 g/mol. The number of hydrogen-bond acceptors (Lipinski definition) is 2. The lowest BCUT2D eigenvalue weighted by molar-refractivity contribution is -0.141. The van der Waals surface area contributed by atoms with Crippen molar-refractivity contribution < 1.29 is 17.9 Å². The molecule has 0 amide bonds. The van der Waals surface area contributed by atoms with Gasteiger partial charge in [0.2, 0.25) is 0 Å². The van der Waals surface area contributed by atoms with Gasteiger partial charge >= 0.3 is 6.18 Å². The molecule has 6 heteroatoms. The van der Waals surface area contributed by atoms with E-state index in [0.29, 0.717) is 11.4 Å². The Labute approximate surface area is 108 Å². The van der Waals surface area contributed by atoms with Crippen molar-refractivity contribution in [2.75, 3.05) is 7.11 Å². The van der Waals surface area contributed by atoms with Crippen molar-refractivity contribution in [2.45, 2.75) is 19.5 Å². The van der Waals surface area contributed by atoms with E-state index in [9.17, 15) is 13.2 Å². The van der Waals surface area contributed by atoms with E-state index >= 15 is 0 Å². The predicted octanol–water partition coefficient (Wildman–Crippen LogP) is 3.46. The minimum atomic E-state index is -4.43. The third-order valence-electron chi connectivity index (χ3n) is 2.78. The van der Waals surface area contributed by atoms with Gasteiger partial charge in [-0.2, -0.15) is 18.3 Å². The number of aryl methyl sites for hydroxylation is 1. The minimum absolute atomic E-state index is 0.184. The smallest absolute Gasteiger partial charge is 0.435 e. The molecule has 0 fully saturated rings. The Balaban J connectivity index is 2.42. The molecule has 1 aromatic carbocycles. The molecule has 1 aromatic heterocycles. The van der Waals surface area contributed by atoms with E-state index in [0.717, 1.165) is 0 Å². The van der Waals surface area contributed by atoms with Crippen molar-refractivity contribution in [3.05, 3.63) is 41.7 Å². The Bertz CT molecular complexity index is 558. The lowest BCUT2D eigenvalue weighted by Gasteiger charge is -2.04. The van der Waals surface area contributed by atoms with Gasteiger partial charge in [-0.05, 0) is 30.7 Å². The second-order valence-electron chi connectivity index (χ2n) is 4.00. The van der Waals surface area contributed by atoms with Crippen LogP contribution in [0.15, 0.2) is 30.5 Å². The number of benzene rings is 1. The number of aromatic nitrogens is 2. The van der Waals surface area contributed by atoms with Crippen LogP contribution in [0, 0.1) is 0 Å². The highest BCUT2D eigenvalue weighted by Gasteiger charge is 2.36. The molecule has 0 atom stereocenters. The number of methoxy groups -OCH3 is 1. The molecule has 102 valence electrons. The summed E-state index contributed by atoms with van der Waals surface area (Å²) in [5.74, 6) is 0.641. The highest BCUT2D eigenvalue weighted by Crippen LogP contribution is 2.31. The third-order valence-corrected chi connectivity index (χ3v) is 2.78. The molecule has 0 aliphatic rings. The number of halogens is 3. The van der Waals surface area contributed by atoms with Crippen molar-refractivity contribution in [2.24, 2.45) is 0 Å². The Morgan fingerprint density at radius 1 is 1.21 bits per heavy atom. The summed E-state index contributed by atoms with van der Waals surface area (Å²) in [7, 11) is 1.53. The average Bonchev–Trinajstić information content (AvgIpc) is 2.83. The molecule has 0 radical (unpaired) electrons. The van der Waals surface area contributed by atoms with Gasteiger partial charge in [0.1, 0.15) is 5.75 Å². The Hall–Kier alpha value is -1.98. The minimum Gasteiger partial charge on any atom is -0.497 e. The first-order valence-corrected chi connectivity index (χ1v) is 5.76. The van der Waals surface area contributed by atoms with E-state index < -0.39 is 11.9 Å². The Kier molecular flexibility index (Phi) is 3.50. The molecule has 2 aromatic rings. The molecular weight excluding hydrogens is 257 g/mol. The molecule has 0 bridgehead atoms. The van der Waals surface area contributed by atoms with Crippen LogP contribution < -0.4 is 4.74 Å². The van der Waals surface area contributed by atoms with E-state index in [-0.39, 0.29) is 12.0 Å². The summed E-state index contributed by atoms with van der Waals surface area (Å²) in [4.78, 5) is 0. The largest absolute Gasteiger partial charge is 0.497 e. The number of alkyl halides is 3. The molecular formula is C13H13F3N2O. The van der Waals surface area contributed by atoms with Gasteiger partial charge in [0.05, 0.1) is 12.8 Å². The van der Waals surface area contributed by atoms with Gasteiger partial charge < -0.3 is 4.74 Å². The lowest BCUT2D eigenvalue weighted by atomic mass is 10.2. The van der Waals surface area contributed by atoms with Crippen LogP contribution in [-0.2, 0) is 12.6 Å². The number of ether oxygens (including phenoxy) is 1. The molecule has 1 heterocycles. The summed E-state index contributed by atoms with van der Waals surface area (Å²) in [5, 5.41) is 3.63. The number of nitrogens with zero attached hydrogens (tertiary/aromatic N) is 2. The topological polar surface area (TPSA) is 27.1 Å². The summed E-state index contributed by atoms with van der Waals surface area (Å²) < 4.78 is 44.6. The lowest BCUT2D eigenvalue weighted by Crippen LogP contribution is -2.09. The number of hydrogen-bond donors (Lipinski definition) is 0. The third kappa shape index (κ3) is 2.72. The van der Waals surface area contributed by atoms with Crippen LogP contribution in [-0.4, -0.2) is 16.9 Å². The van der Waals surface area contributed by atoms with Crippen molar-refractivity contribution in [3.63, 3.8) is 0 Å². The Morgan fingerprint density at radius 2 is 1.84 bits per heavy atom. The molecule has 2 rings (SSSR count). The van der Waals surface area contributed by atoms with E-state index in [2.05, 4.69) is 5.10 Å². The number of rotatable bonds is 3. The maximum atomic E-state index is 12.8. The van der Waals surface area contributed by atoms with Crippen LogP contribution in [0.4, 0.5) is 13.2 Å². The summed E-state index contributed by atoms with van der Waals surface area (Å²) in [6, 6.07) is 6.67. The van der Waals surface area contributed by atoms with E-state index in [1.807, 2.05) is 0 Å². The fourth-order valence-electron chi connectivity index (χ4n) is 1.77. The molecule has 0 aliphatic carbocycles. The maximum absolute atomic E-state index is 12.8. The second-order valence-corrected chi connectivity index (χ2v) is 4.00. The molecule has 0 unspecified atom stereocenters. The summed E-state index contributed by atoms with van der Waals surface area (Å²) in [6.07, 6.45) is -2.74. The zero-order valence-electron chi connectivity index (χ0n) is 10.5. The van der Waals surface area contributed by atoms with Crippen LogP contribution in [0.5, 0.6) is 5.75 Å². The zero-order valence-corrected chi connectivity index (χ0v) is 10.5. The van der Waals surface area contributed by atoms with Crippen molar-refractivity contribution in [1.29, 1.82) is 0 Å². The van der Waals surface area contributed by atoms with Crippen LogP contribution in [0.1, 0.15) is 18.2 Å². The van der Waals surface area contributed by atoms with Gasteiger partial charge in [0.25, 0.3) is 0 Å². The highest BCUT2D eigenvalue weighted by atomic mass is 19.4. The molecule has 19 heavy (non-hydrogen) atoms. The van der Waals surface area contributed by atoms with E-state index in [1.54, 1.807) is 31.2 Å². The Morgan fingerprint density at radius 3 is 2.26 bits per heavy atom. The summed E-state index contributed by atoms with van der Waals surface area (Å²) >= 11 is 0. The molecule has 0 saturated carbocycles. The molecule has 0 aliphatic heterocycles. The van der Waals surface area contributed by atoms with Crippen LogP contribution >= 0.6 is 0 Å². The van der Waals surface area contributed by atoms with E-state index in [1.165, 1.54) is 18.0 Å². The van der Waals surface area contributed by atoms with Gasteiger partial charge in [-0.3, -0.25) is 0 Å². The highest BCUT2D eigenvalue weighted by molar-refractivity contribution is 5.38. The fraction of sp³-hybridized carbons (Fsp3) is 0.308. The quantitative estimate of drug-likeness (QED) is 0.854. The van der Waals surface area contributed by atoms with Gasteiger partial charge in [-0.25, -0.2) is 4.68 Å². The maximum Gasteiger partial charge on any atom is 0.435 e. The van der Waals surface area contributed by atoms with Gasteiger partial charge in [0, 0.05) is 11.8 Å². The first-order valence-electron chi connectivity index (χ1n) is 5.76. The average molecular weight is 270 g/mol. The molecule has 0 spiro atoms. The summed E-state index contributed by atoms with van der Waals surface area (Å²) in [5.41, 5.74) is -0.0832. The standard InChI is InChI=1S/C13H13F3N2O/c1-3-9-8-18(17-12(9)13(14,15)16)10-4-6-11(19-2)7-5-10/h4-8H,3H2,1-2H3. The van der Waals surface area contributed by atoms with Crippen LogP contribution in [0.3, 0.4) is 0 Å².